The number of aliphatic imine (C=N–C) groups is 1. The third kappa shape index (κ3) is 5.72. The molecule has 3 atom stereocenters. The molecule has 218 valence electrons. The summed E-state index contributed by atoms with van der Waals surface area (Å²) in [5.41, 5.74) is 1.59. The molecule has 3 aromatic rings. The minimum atomic E-state index is -0.821. The van der Waals surface area contributed by atoms with Gasteiger partial charge in [-0.1, -0.05) is 60.3 Å². The van der Waals surface area contributed by atoms with Gasteiger partial charge in [-0.2, -0.15) is 0 Å². The van der Waals surface area contributed by atoms with E-state index in [2.05, 4.69) is 0 Å². The van der Waals surface area contributed by atoms with Gasteiger partial charge in [0.1, 0.15) is 5.92 Å². The Kier molecular flexibility index (Phi) is 8.82. The fourth-order valence-corrected chi connectivity index (χ4v) is 6.46. The number of rotatable bonds is 9. The third-order valence-corrected chi connectivity index (χ3v) is 8.22. The fourth-order valence-electron chi connectivity index (χ4n) is 5.27. The second-order valence-corrected chi connectivity index (χ2v) is 10.8. The molecule has 5 rings (SSSR count). The van der Waals surface area contributed by atoms with E-state index in [9.17, 15) is 14.4 Å². The molecule has 2 heterocycles. The summed E-state index contributed by atoms with van der Waals surface area (Å²) in [5, 5.41) is 2.11. The molecular formula is C32H32N2O7S. The van der Waals surface area contributed by atoms with Gasteiger partial charge in [-0.3, -0.25) is 19.5 Å². The first-order valence-corrected chi connectivity index (χ1v) is 14.6. The van der Waals surface area contributed by atoms with Gasteiger partial charge in [0, 0.05) is 5.71 Å². The monoisotopic (exact) mass is 588 g/mol. The molecule has 0 aromatic heterocycles. The van der Waals surface area contributed by atoms with Crippen LogP contribution in [0.1, 0.15) is 37.9 Å². The average molecular weight is 589 g/mol. The van der Waals surface area contributed by atoms with Crippen molar-refractivity contribution in [3.63, 3.8) is 0 Å². The van der Waals surface area contributed by atoms with Crippen LogP contribution in [-0.4, -0.2) is 60.9 Å². The van der Waals surface area contributed by atoms with E-state index < -0.39 is 29.4 Å². The van der Waals surface area contributed by atoms with Crippen LogP contribution in [0.4, 0.5) is 0 Å². The third-order valence-electron chi connectivity index (χ3n) is 7.13. The molecule has 0 spiro atoms. The number of carbonyl (C=O) groups excluding carboxylic acids is 3. The van der Waals surface area contributed by atoms with Crippen molar-refractivity contribution >= 4 is 52.2 Å². The Labute approximate surface area is 248 Å². The number of hydrogen-bond acceptors (Lipinski definition) is 9. The minimum Gasteiger partial charge on any atom is -0.493 e. The topological polar surface area (TPSA) is 104 Å². The van der Waals surface area contributed by atoms with Crippen molar-refractivity contribution in [2.45, 2.75) is 32.3 Å². The zero-order valence-electron chi connectivity index (χ0n) is 23.9. The Hall–Kier alpha value is -4.31. The first kappa shape index (κ1) is 29.2. The highest BCUT2D eigenvalue weighted by molar-refractivity contribution is 8.05. The number of thioether (sulfide) groups is 1. The second-order valence-electron chi connectivity index (χ2n) is 9.68. The lowest BCUT2D eigenvalue weighted by Crippen LogP contribution is -2.48. The van der Waals surface area contributed by atoms with Crippen LogP contribution in [0.2, 0.25) is 0 Å². The van der Waals surface area contributed by atoms with Crippen LogP contribution >= 0.6 is 11.8 Å². The lowest BCUT2D eigenvalue weighted by molar-refractivity contribution is -0.149. The van der Waals surface area contributed by atoms with Gasteiger partial charge in [0.2, 0.25) is 0 Å². The first-order chi connectivity index (χ1) is 20.4. The first-order valence-electron chi connectivity index (χ1n) is 13.7. The zero-order valence-corrected chi connectivity index (χ0v) is 24.7. The number of methoxy groups -OCH3 is 1. The van der Waals surface area contributed by atoms with Gasteiger partial charge in [0.05, 0.1) is 31.3 Å². The van der Waals surface area contributed by atoms with Crippen LogP contribution in [-0.2, 0) is 23.9 Å². The van der Waals surface area contributed by atoms with E-state index in [1.807, 2.05) is 48.5 Å². The fraction of sp³-hybridized carbons (Fsp3) is 0.312. The lowest BCUT2D eigenvalue weighted by atomic mass is 9.86. The van der Waals surface area contributed by atoms with E-state index in [0.29, 0.717) is 27.7 Å². The highest BCUT2D eigenvalue weighted by atomic mass is 32.2. The van der Waals surface area contributed by atoms with Crippen LogP contribution in [0.15, 0.2) is 70.6 Å². The van der Waals surface area contributed by atoms with Crippen molar-refractivity contribution in [2.24, 2.45) is 10.9 Å². The molecule has 2 aliphatic heterocycles. The summed E-state index contributed by atoms with van der Waals surface area (Å²) >= 11 is 1.35. The van der Waals surface area contributed by atoms with Gasteiger partial charge >= 0.3 is 11.9 Å². The molecule has 10 heteroatoms. The van der Waals surface area contributed by atoms with Gasteiger partial charge < -0.3 is 18.9 Å². The van der Waals surface area contributed by atoms with Crippen LogP contribution in [0.5, 0.6) is 11.5 Å². The van der Waals surface area contributed by atoms with E-state index in [4.69, 9.17) is 23.9 Å². The number of esters is 2. The number of hydrogen-bond donors (Lipinski definition) is 0. The predicted molar refractivity (Wildman–Crippen MR) is 161 cm³/mol. The number of nitrogens with zero attached hydrogens (tertiary/aromatic N) is 2. The second kappa shape index (κ2) is 12.7. The highest BCUT2D eigenvalue weighted by Crippen LogP contribution is 2.49. The summed E-state index contributed by atoms with van der Waals surface area (Å²) in [5.74, 6) is -1.33. The highest BCUT2D eigenvalue weighted by Gasteiger charge is 2.50. The van der Waals surface area contributed by atoms with E-state index in [1.54, 1.807) is 43.9 Å². The summed E-state index contributed by atoms with van der Waals surface area (Å²) in [6.45, 7) is 5.41. The molecule has 2 aliphatic rings. The van der Waals surface area contributed by atoms with E-state index in [-0.39, 0.29) is 25.7 Å². The smallest absolute Gasteiger partial charge is 0.344 e. The van der Waals surface area contributed by atoms with Crippen LogP contribution in [0.25, 0.3) is 16.8 Å². The molecule has 0 unspecified atom stereocenters. The summed E-state index contributed by atoms with van der Waals surface area (Å²) in [6.07, 6.45) is 1.89. The van der Waals surface area contributed by atoms with Crippen molar-refractivity contribution in [3.05, 3.63) is 76.7 Å². The molecular weight excluding hydrogens is 556 g/mol. The van der Waals surface area contributed by atoms with Crippen molar-refractivity contribution in [1.29, 1.82) is 0 Å². The van der Waals surface area contributed by atoms with Gasteiger partial charge in [-0.25, -0.2) is 4.79 Å². The minimum absolute atomic E-state index is 0.192. The zero-order chi connectivity index (χ0) is 29.8. The Bertz CT molecular complexity index is 1580. The van der Waals surface area contributed by atoms with E-state index >= 15 is 0 Å². The lowest BCUT2D eigenvalue weighted by Gasteiger charge is -2.39. The molecule has 0 saturated carbocycles. The normalized spacial score (nSPS) is 20.7. The maximum absolute atomic E-state index is 14.1. The molecule has 1 fully saturated rings. The Morgan fingerprint density at radius 1 is 1.00 bits per heavy atom. The maximum Gasteiger partial charge on any atom is 0.344 e. The average Bonchev–Trinajstić information content (AvgIpc) is 3.29. The Morgan fingerprint density at radius 2 is 1.76 bits per heavy atom. The molecule has 1 amide bonds. The van der Waals surface area contributed by atoms with Crippen molar-refractivity contribution in [2.75, 3.05) is 26.9 Å². The molecule has 42 heavy (non-hydrogen) atoms. The van der Waals surface area contributed by atoms with Gasteiger partial charge in [0.15, 0.2) is 23.6 Å². The quantitative estimate of drug-likeness (QED) is 0.242. The van der Waals surface area contributed by atoms with E-state index in [1.165, 1.54) is 18.9 Å². The van der Waals surface area contributed by atoms with Gasteiger partial charge in [-0.15, -0.1) is 0 Å². The van der Waals surface area contributed by atoms with Gasteiger partial charge in [-0.05, 0) is 60.9 Å². The molecule has 0 bridgehead atoms. The molecule has 9 nitrogen and oxygen atoms in total. The number of fused-ring (bicyclic) bond motifs is 2. The number of carbonyl (C=O) groups is 3. The number of amides is 1. The van der Waals surface area contributed by atoms with Crippen molar-refractivity contribution in [3.8, 4) is 11.5 Å². The van der Waals surface area contributed by atoms with Crippen molar-refractivity contribution < 1.29 is 33.3 Å². The summed E-state index contributed by atoms with van der Waals surface area (Å²) in [6, 6.07) is 18.4. The Morgan fingerprint density at radius 3 is 2.52 bits per heavy atom. The largest absolute Gasteiger partial charge is 0.493 e. The van der Waals surface area contributed by atoms with E-state index in [0.717, 1.165) is 16.3 Å². The molecule has 0 radical (unpaired) electrons. The predicted octanol–water partition coefficient (Wildman–Crippen LogP) is 5.39. The summed E-state index contributed by atoms with van der Waals surface area (Å²) < 4.78 is 21.6. The number of benzene rings is 3. The van der Waals surface area contributed by atoms with Crippen LogP contribution < -0.4 is 9.47 Å². The number of ether oxygens (including phenoxy) is 4. The van der Waals surface area contributed by atoms with Crippen LogP contribution in [0, 0.1) is 5.92 Å². The maximum atomic E-state index is 14.1. The standard InChI is InChI=1S/C32H32N2O7S/c1-5-39-27(35)18-41-24-15-14-22(16-25(24)38-4)29-28(31(37)40-6-2)19(3)33-32-34(29)30(36)26(42-32)17-21-12-9-11-20-10-7-8-13-23(20)21/h7-17,28-29,32H,5-6,18H2,1-4H3/b26-17+/t28-,29+,32+/m0/s1. The Balaban J connectivity index is 1.54. The molecule has 3 aromatic carbocycles. The van der Waals surface area contributed by atoms with Crippen molar-refractivity contribution in [1.82, 2.24) is 4.90 Å². The SMILES string of the molecule is CCOC(=O)COc1ccc([C@@H]2[C@@H](C(=O)OCC)C(C)=N[C@H]3S/C(=C/c4cccc5ccccc45)C(=O)N23)cc1OC. The molecule has 0 aliphatic carbocycles. The molecule has 1 saturated heterocycles. The molecule has 0 N–H and O–H groups in total. The van der Waals surface area contributed by atoms with Crippen LogP contribution in [0.3, 0.4) is 0 Å². The summed E-state index contributed by atoms with van der Waals surface area (Å²) in [7, 11) is 1.48. The summed E-state index contributed by atoms with van der Waals surface area (Å²) in [4.78, 5) is 46.1. The van der Waals surface area contributed by atoms with Gasteiger partial charge in [0.25, 0.3) is 5.91 Å².